The average Bonchev–Trinajstić information content (AvgIpc) is 4.03. The number of nitrogens with zero attached hydrogens (tertiary/aromatic N) is 4. The summed E-state index contributed by atoms with van der Waals surface area (Å²) in [5.74, 6) is -5.96. The molecule has 0 N–H and O–H groups in total. The van der Waals surface area contributed by atoms with Crippen molar-refractivity contribution in [1.82, 2.24) is 0 Å². The van der Waals surface area contributed by atoms with Crippen LogP contribution in [0.2, 0.25) is 0 Å². The Morgan fingerprint density at radius 1 is 0.309 bits per heavy atom. The quantitative estimate of drug-likeness (QED) is 0.129. The van der Waals surface area contributed by atoms with E-state index in [0.717, 1.165) is 43.9 Å². The molecule has 0 unspecified atom stereocenters. The van der Waals surface area contributed by atoms with Crippen molar-refractivity contribution in [3.63, 3.8) is 0 Å². The second-order valence-corrected chi connectivity index (χ2v) is 19.3. The van der Waals surface area contributed by atoms with Gasteiger partial charge in [0.05, 0.1) is 64.6 Å². The summed E-state index contributed by atoms with van der Waals surface area (Å²) < 4.78 is 53.8. The molecule has 8 amide bonds. The monoisotopic (exact) mass is 942 g/mol. The van der Waals surface area contributed by atoms with Gasteiger partial charge in [0.1, 0.15) is 0 Å². The van der Waals surface area contributed by atoms with Crippen LogP contribution in [0.1, 0.15) is 57.4 Å². The number of amides is 8. The lowest BCUT2D eigenvalue weighted by molar-refractivity contribution is -0.121. The summed E-state index contributed by atoms with van der Waals surface area (Å²) in [5.41, 5.74) is 0.112. The van der Waals surface area contributed by atoms with Crippen molar-refractivity contribution in [2.45, 2.75) is 19.6 Å². The topological polar surface area (TPSA) is 235 Å². The first-order valence-electron chi connectivity index (χ1n) is 20.1. The molecule has 68 heavy (non-hydrogen) atoms. The highest BCUT2D eigenvalue weighted by Crippen LogP contribution is 2.35. The van der Waals surface area contributed by atoms with Gasteiger partial charge in [-0.15, -0.1) is 0 Å². The molecule has 17 nitrogen and oxygen atoms in total. The van der Waals surface area contributed by atoms with Crippen molar-refractivity contribution < 1.29 is 60.0 Å². The van der Waals surface area contributed by atoms with Gasteiger partial charge in [-0.1, -0.05) is 12.1 Å². The molecule has 332 valence electrons. The zero-order chi connectivity index (χ0) is 48.0. The Morgan fingerprint density at radius 2 is 0.559 bits per heavy atom. The molecule has 6 aromatic rings. The summed E-state index contributed by atoms with van der Waals surface area (Å²) in [5, 5.41) is 0. The zero-order valence-electron chi connectivity index (χ0n) is 34.4. The molecule has 0 saturated carbocycles. The van der Waals surface area contributed by atoms with Gasteiger partial charge in [0.25, 0.3) is 47.3 Å². The molecule has 0 saturated heterocycles. The number of hydrogen-bond acceptors (Lipinski definition) is 13. The number of fused-ring (bicyclic) bond motifs is 2. The molecule has 0 radical (unpaired) electrons. The van der Waals surface area contributed by atoms with E-state index in [0.29, 0.717) is 0 Å². The highest BCUT2D eigenvalue weighted by Gasteiger charge is 2.40. The highest BCUT2D eigenvalue weighted by molar-refractivity contribution is 7.91. The lowest BCUT2D eigenvalue weighted by Crippen LogP contribution is -2.29. The maximum atomic E-state index is 13.8. The van der Waals surface area contributed by atoms with Gasteiger partial charge in [0, 0.05) is 35.4 Å². The minimum Gasteiger partial charge on any atom is -0.289 e. The maximum Gasteiger partial charge on any atom is 0.266 e. The van der Waals surface area contributed by atoms with Crippen LogP contribution in [0.15, 0.2) is 177 Å². The number of imide groups is 4. The van der Waals surface area contributed by atoms with Crippen LogP contribution >= 0.6 is 0 Å². The van der Waals surface area contributed by atoms with Crippen LogP contribution in [-0.2, 0) is 38.9 Å². The summed E-state index contributed by atoms with van der Waals surface area (Å²) in [7, 11) is -8.25. The Kier molecular flexibility index (Phi) is 9.79. The van der Waals surface area contributed by atoms with Crippen molar-refractivity contribution in [2.24, 2.45) is 0 Å². The van der Waals surface area contributed by atoms with Crippen LogP contribution in [0.25, 0.3) is 0 Å². The molecule has 4 heterocycles. The van der Waals surface area contributed by atoms with Crippen LogP contribution in [0.5, 0.6) is 0 Å². The van der Waals surface area contributed by atoms with Crippen molar-refractivity contribution in [3.8, 4) is 0 Å². The number of hydrogen-bond donors (Lipinski definition) is 0. The van der Waals surface area contributed by atoms with Gasteiger partial charge in [0.2, 0.25) is 19.7 Å². The fourth-order valence-electron chi connectivity index (χ4n) is 8.08. The Labute approximate surface area is 384 Å². The first-order valence-corrected chi connectivity index (χ1v) is 23.1. The van der Waals surface area contributed by atoms with Crippen LogP contribution in [0.3, 0.4) is 0 Å². The van der Waals surface area contributed by atoms with E-state index in [1.54, 1.807) is 0 Å². The summed E-state index contributed by atoms with van der Waals surface area (Å²) in [6.07, 6.45) is 4.40. The van der Waals surface area contributed by atoms with Crippen molar-refractivity contribution in [2.75, 3.05) is 19.6 Å². The third kappa shape index (κ3) is 6.71. The molecule has 10 rings (SSSR count). The molecular formula is C49H26N4O13S2. The van der Waals surface area contributed by atoms with Gasteiger partial charge in [-0.25, -0.2) is 36.4 Å². The Morgan fingerprint density at radius 3 is 0.838 bits per heavy atom. The standard InChI is InChI=1S/C49H26N4O13S2/c54-41-21-22-42(55)50(41)29-3-11-33(12-4-29)67(63,64)35-15-7-31(8-16-35)52-46(59)37-19-1-27(25-39(37)48(52)61)45(58)28-2-20-38-40(26-28)49(62)53(47(38)60)32-9-17-36(18-10-32)68(65,66)34-13-5-30(6-14-34)51-43(56)23-24-44(51)57/h1-26H. The van der Waals surface area contributed by atoms with E-state index in [2.05, 4.69) is 0 Å². The first kappa shape index (κ1) is 42.9. The van der Waals surface area contributed by atoms with E-state index in [4.69, 9.17) is 0 Å². The summed E-state index contributed by atoms with van der Waals surface area (Å²) in [6, 6.07) is 27.9. The summed E-state index contributed by atoms with van der Waals surface area (Å²) >= 11 is 0. The first-order chi connectivity index (χ1) is 32.4. The van der Waals surface area contributed by atoms with Crippen molar-refractivity contribution >= 4 is 95.5 Å². The molecule has 4 aliphatic rings. The minimum atomic E-state index is -4.13. The number of carbonyl (C=O) groups is 9. The van der Waals surface area contributed by atoms with E-state index in [1.807, 2.05) is 0 Å². The zero-order valence-corrected chi connectivity index (χ0v) is 36.1. The molecule has 0 bridgehead atoms. The smallest absolute Gasteiger partial charge is 0.266 e. The SMILES string of the molecule is O=C(c1ccc2c(c1)C(=O)N(c1ccc(S(=O)(=O)c3ccc(N4C(=O)C=CC4=O)cc3)cc1)C2=O)c1ccc2c(c1)C(=O)N(c1ccc(S(=O)(=O)c3ccc(N4C(=O)C=CC4=O)cc3)cc1)C2=O. The van der Waals surface area contributed by atoms with E-state index < -0.39 is 72.7 Å². The van der Waals surface area contributed by atoms with E-state index in [1.165, 1.54) is 133 Å². The van der Waals surface area contributed by atoms with Gasteiger partial charge in [0.15, 0.2) is 5.78 Å². The van der Waals surface area contributed by atoms with Crippen LogP contribution < -0.4 is 19.6 Å². The van der Waals surface area contributed by atoms with E-state index >= 15 is 0 Å². The molecule has 0 spiro atoms. The van der Waals surface area contributed by atoms with Gasteiger partial charge >= 0.3 is 0 Å². The molecular weight excluding hydrogens is 917 g/mol. The molecule has 19 heteroatoms. The third-order valence-corrected chi connectivity index (χ3v) is 15.1. The average molecular weight is 943 g/mol. The van der Waals surface area contributed by atoms with Gasteiger partial charge in [-0.3, -0.25) is 43.2 Å². The predicted molar refractivity (Wildman–Crippen MR) is 239 cm³/mol. The van der Waals surface area contributed by atoms with Gasteiger partial charge < -0.3 is 0 Å². The lowest BCUT2D eigenvalue weighted by Gasteiger charge is -2.15. The fourth-order valence-corrected chi connectivity index (χ4v) is 10.6. The molecule has 4 aliphatic heterocycles. The molecule has 0 aliphatic carbocycles. The number of benzene rings is 6. The number of carbonyl (C=O) groups excluding carboxylic acids is 9. The largest absolute Gasteiger partial charge is 0.289 e. The lowest BCUT2D eigenvalue weighted by atomic mass is 9.96. The molecule has 0 atom stereocenters. The Hall–Kier alpha value is -9.07. The van der Waals surface area contributed by atoms with Gasteiger partial charge in [-0.05, 0) is 121 Å². The maximum absolute atomic E-state index is 13.8. The Bertz CT molecular complexity index is 3380. The van der Waals surface area contributed by atoms with E-state index in [-0.39, 0.29) is 75.7 Å². The second-order valence-electron chi connectivity index (χ2n) is 15.4. The predicted octanol–water partition coefficient (Wildman–Crippen LogP) is 5.04. The molecule has 0 fully saturated rings. The number of sulfone groups is 2. The second kappa shape index (κ2) is 15.5. The summed E-state index contributed by atoms with van der Waals surface area (Å²) in [4.78, 5) is 119. The minimum absolute atomic E-state index is 0.0241. The van der Waals surface area contributed by atoms with E-state index in [9.17, 15) is 60.0 Å². The summed E-state index contributed by atoms with van der Waals surface area (Å²) in [6.45, 7) is 0. The third-order valence-electron chi connectivity index (χ3n) is 11.5. The number of rotatable bonds is 10. The molecule has 6 aromatic carbocycles. The van der Waals surface area contributed by atoms with Crippen molar-refractivity contribution in [3.05, 3.63) is 191 Å². The molecule has 0 aromatic heterocycles. The van der Waals surface area contributed by atoms with Crippen LogP contribution in [-0.4, -0.2) is 69.9 Å². The fraction of sp³-hybridized carbons (Fsp3) is 0. The number of ketones is 1. The van der Waals surface area contributed by atoms with Crippen molar-refractivity contribution in [1.29, 1.82) is 0 Å². The van der Waals surface area contributed by atoms with Gasteiger partial charge in [-0.2, -0.15) is 0 Å². The Balaban J connectivity index is 0.830. The van der Waals surface area contributed by atoms with Crippen LogP contribution in [0, 0.1) is 0 Å². The highest BCUT2D eigenvalue weighted by atomic mass is 32.2. The van der Waals surface area contributed by atoms with Crippen LogP contribution in [0.4, 0.5) is 22.7 Å². The number of anilines is 4. The normalized spacial score (nSPS) is 15.6.